The summed E-state index contributed by atoms with van der Waals surface area (Å²) in [4.78, 5) is 33.0. The van der Waals surface area contributed by atoms with Gasteiger partial charge < -0.3 is 15.4 Å². The summed E-state index contributed by atoms with van der Waals surface area (Å²) in [6.07, 6.45) is 0.373. The average molecular weight is 357 g/mol. The first kappa shape index (κ1) is 18.1. The van der Waals surface area contributed by atoms with Gasteiger partial charge in [0.25, 0.3) is 0 Å². The highest BCUT2D eigenvalue weighted by Crippen LogP contribution is 2.20. The third kappa shape index (κ3) is 3.45. The number of nitrogens with zero attached hydrogens (tertiary/aromatic N) is 2. The van der Waals surface area contributed by atoms with Crippen LogP contribution in [0, 0.1) is 12.8 Å². The zero-order valence-corrected chi connectivity index (χ0v) is 15.3. The minimum atomic E-state index is -0.884. The maximum Gasteiger partial charge on any atom is 0.319 e. The Bertz CT molecular complexity index is 854. The number of carbonyl (C=O) groups is 2. The van der Waals surface area contributed by atoms with Gasteiger partial charge in [0.1, 0.15) is 0 Å². The highest BCUT2D eigenvalue weighted by Gasteiger charge is 2.39. The Labute approximate surface area is 151 Å². The maximum absolute atomic E-state index is 12.2. The maximum atomic E-state index is 12.2. The van der Waals surface area contributed by atoms with E-state index in [2.05, 4.69) is 43.6 Å². The molecule has 0 radical (unpaired) electrons. The fourth-order valence-corrected chi connectivity index (χ4v) is 3.12. The highest BCUT2D eigenvalue weighted by atomic mass is 16.5. The molecule has 3 atom stereocenters. The quantitative estimate of drug-likeness (QED) is 0.556. The smallest absolute Gasteiger partial charge is 0.319 e. The lowest BCUT2D eigenvalue weighted by Crippen LogP contribution is -2.65. The van der Waals surface area contributed by atoms with Crippen molar-refractivity contribution >= 4 is 28.7 Å². The van der Waals surface area contributed by atoms with Gasteiger partial charge in [-0.1, -0.05) is 13.0 Å². The van der Waals surface area contributed by atoms with Gasteiger partial charge in [-0.05, 0) is 38.0 Å². The van der Waals surface area contributed by atoms with E-state index in [-0.39, 0.29) is 6.04 Å². The van der Waals surface area contributed by atoms with Crippen LogP contribution >= 0.6 is 0 Å². The molecule has 1 aliphatic heterocycles. The number of amides is 1. The van der Waals surface area contributed by atoms with Crippen LogP contribution in [0.4, 0.5) is 5.95 Å². The summed E-state index contributed by atoms with van der Waals surface area (Å²) in [7, 11) is 1.27. The lowest BCUT2D eigenvalue weighted by Gasteiger charge is -2.34. The van der Waals surface area contributed by atoms with Crippen molar-refractivity contribution in [2.24, 2.45) is 5.92 Å². The van der Waals surface area contributed by atoms with Gasteiger partial charge in [-0.15, -0.1) is 0 Å². The van der Waals surface area contributed by atoms with E-state index in [0.717, 1.165) is 23.0 Å². The summed E-state index contributed by atoms with van der Waals surface area (Å²) in [6.45, 7) is 5.79. The van der Waals surface area contributed by atoms with Crippen molar-refractivity contribution in [3.05, 3.63) is 29.5 Å². The molecule has 0 spiro atoms. The van der Waals surface area contributed by atoms with E-state index in [1.807, 2.05) is 19.1 Å². The third-order valence-corrected chi connectivity index (χ3v) is 4.59. The van der Waals surface area contributed by atoms with Crippen LogP contribution in [0.5, 0.6) is 0 Å². The van der Waals surface area contributed by atoms with Gasteiger partial charge in [0.2, 0.25) is 11.9 Å². The van der Waals surface area contributed by atoms with Crippen molar-refractivity contribution in [1.82, 2.24) is 20.6 Å². The Balaban J connectivity index is 1.79. The molecule has 26 heavy (non-hydrogen) atoms. The van der Waals surface area contributed by atoms with Gasteiger partial charge in [0.05, 0.1) is 18.3 Å². The topological polar surface area (TPSA) is 105 Å². The minimum absolute atomic E-state index is 0.387. The molecule has 3 rings (SSSR count). The van der Waals surface area contributed by atoms with Crippen molar-refractivity contribution in [2.75, 3.05) is 12.4 Å². The number of esters is 1. The number of aromatic nitrogens is 2. The zero-order chi connectivity index (χ0) is 18.8. The van der Waals surface area contributed by atoms with Gasteiger partial charge in [0.15, 0.2) is 12.2 Å². The number of hydrogen-bond donors (Lipinski definition) is 3. The fourth-order valence-electron chi connectivity index (χ4n) is 3.12. The first-order chi connectivity index (χ1) is 12.4. The summed E-state index contributed by atoms with van der Waals surface area (Å²) < 4.78 is 4.68. The summed E-state index contributed by atoms with van der Waals surface area (Å²) >= 11 is 0. The molecule has 1 amide bonds. The van der Waals surface area contributed by atoms with Gasteiger partial charge in [-0.3, -0.25) is 14.9 Å². The lowest BCUT2D eigenvalue weighted by molar-refractivity contribution is -0.152. The van der Waals surface area contributed by atoms with Crippen molar-refractivity contribution in [3.63, 3.8) is 0 Å². The molecule has 2 heterocycles. The van der Waals surface area contributed by atoms with Gasteiger partial charge >= 0.3 is 5.97 Å². The Kier molecular flexibility index (Phi) is 5.03. The minimum Gasteiger partial charge on any atom is -0.468 e. The van der Waals surface area contributed by atoms with Crippen LogP contribution in [-0.4, -0.2) is 41.3 Å². The molecular formula is C18H23N5O3. The molecule has 0 saturated carbocycles. The van der Waals surface area contributed by atoms with Crippen molar-refractivity contribution in [1.29, 1.82) is 0 Å². The van der Waals surface area contributed by atoms with E-state index < -0.39 is 24.1 Å². The molecule has 8 heteroatoms. The molecular weight excluding hydrogens is 334 g/mol. The number of benzene rings is 1. The van der Waals surface area contributed by atoms with E-state index in [9.17, 15) is 9.59 Å². The Morgan fingerprint density at radius 1 is 1.35 bits per heavy atom. The molecule has 3 unspecified atom stereocenters. The van der Waals surface area contributed by atoms with E-state index in [4.69, 9.17) is 0 Å². The number of rotatable bonds is 4. The van der Waals surface area contributed by atoms with Gasteiger partial charge in [0, 0.05) is 11.4 Å². The van der Waals surface area contributed by atoms with E-state index in [1.165, 1.54) is 12.7 Å². The molecule has 8 nitrogen and oxygen atoms in total. The number of aryl methyl sites for hydroxylation is 2. The predicted molar refractivity (Wildman–Crippen MR) is 97.3 cm³/mol. The second-order valence-electron chi connectivity index (χ2n) is 6.38. The van der Waals surface area contributed by atoms with Crippen LogP contribution in [0.2, 0.25) is 0 Å². The predicted octanol–water partition coefficient (Wildman–Crippen LogP) is 1.09. The molecule has 1 aromatic heterocycles. The van der Waals surface area contributed by atoms with Crippen LogP contribution in [0.3, 0.4) is 0 Å². The number of carbonyl (C=O) groups excluding carboxylic acids is 2. The van der Waals surface area contributed by atoms with Crippen LogP contribution in [0.1, 0.15) is 25.1 Å². The molecule has 1 saturated heterocycles. The molecule has 138 valence electrons. The Morgan fingerprint density at radius 2 is 2.12 bits per heavy atom. The summed E-state index contributed by atoms with van der Waals surface area (Å²) in [5.41, 5.74) is 2.92. The molecule has 3 N–H and O–H groups in total. The summed E-state index contributed by atoms with van der Waals surface area (Å²) in [5, 5.41) is 9.90. The van der Waals surface area contributed by atoms with E-state index in [1.54, 1.807) is 6.92 Å². The van der Waals surface area contributed by atoms with E-state index >= 15 is 0 Å². The standard InChI is InChI=1S/C18H23N5O3/c1-5-11-6-7-13-12(8-11)9(2)19-17(21-13)23-18-20-10(3)14(15(24)22-18)16(25)26-4/h6-8,10,14,18,20H,5H2,1-4H3,(H,22,24)(H,19,21,23). The van der Waals surface area contributed by atoms with Crippen LogP contribution < -0.4 is 16.0 Å². The second kappa shape index (κ2) is 7.25. The number of nitrogens with one attached hydrogen (secondary N) is 3. The molecule has 1 aliphatic rings. The zero-order valence-electron chi connectivity index (χ0n) is 15.3. The number of anilines is 1. The van der Waals surface area contributed by atoms with Crippen molar-refractivity contribution < 1.29 is 14.3 Å². The first-order valence-electron chi connectivity index (χ1n) is 8.61. The van der Waals surface area contributed by atoms with Crippen molar-refractivity contribution in [2.45, 2.75) is 39.5 Å². The highest BCUT2D eigenvalue weighted by molar-refractivity contribution is 5.99. The fraction of sp³-hybridized carbons (Fsp3) is 0.444. The van der Waals surface area contributed by atoms with Crippen LogP contribution in [0.25, 0.3) is 10.9 Å². The molecule has 0 aliphatic carbocycles. The molecule has 2 aromatic rings. The lowest BCUT2D eigenvalue weighted by atomic mass is 9.98. The van der Waals surface area contributed by atoms with Gasteiger partial charge in [-0.2, -0.15) is 0 Å². The van der Waals surface area contributed by atoms with Crippen LogP contribution in [0.15, 0.2) is 18.2 Å². The number of methoxy groups -OCH3 is 1. The van der Waals surface area contributed by atoms with E-state index in [0.29, 0.717) is 5.95 Å². The SMILES string of the molecule is CCc1ccc2nc(NC3NC(=O)C(C(=O)OC)C(C)N3)nc(C)c2c1. The Morgan fingerprint density at radius 3 is 2.77 bits per heavy atom. The normalized spacial score (nSPS) is 22.8. The number of ether oxygens (including phenoxy) is 1. The van der Waals surface area contributed by atoms with Gasteiger partial charge in [-0.25, -0.2) is 9.97 Å². The Hall–Kier alpha value is -2.74. The van der Waals surface area contributed by atoms with Crippen LogP contribution in [-0.2, 0) is 20.7 Å². The largest absolute Gasteiger partial charge is 0.468 e. The monoisotopic (exact) mass is 357 g/mol. The summed E-state index contributed by atoms with van der Waals surface area (Å²) in [6, 6.07) is 5.72. The summed E-state index contributed by atoms with van der Waals surface area (Å²) in [5.74, 6) is -1.44. The molecule has 1 aromatic carbocycles. The molecule has 0 bridgehead atoms. The first-order valence-corrected chi connectivity index (χ1v) is 8.61. The van der Waals surface area contributed by atoms with Crippen molar-refractivity contribution in [3.8, 4) is 0 Å². The third-order valence-electron chi connectivity index (χ3n) is 4.59. The second-order valence-corrected chi connectivity index (χ2v) is 6.38. The number of hydrogen-bond acceptors (Lipinski definition) is 7. The molecule has 1 fully saturated rings. The average Bonchev–Trinajstić information content (AvgIpc) is 2.60. The number of fused-ring (bicyclic) bond motifs is 1.